The van der Waals surface area contributed by atoms with Crippen molar-refractivity contribution in [1.29, 1.82) is 0 Å². The van der Waals surface area contributed by atoms with E-state index in [4.69, 9.17) is 10.5 Å². The van der Waals surface area contributed by atoms with Gasteiger partial charge in [-0.25, -0.2) is 4.99 Å². The lowest BCUT2D eigenvalue weighted by atomic mass is 10.4. The summed E-state index contributed by atoms with van der Waals surface area (Å²) in [6.07, 6.45) is 0.139. The zero-order chi connectivity index (χ0) is 9.80. The van der Waals surface area contributed by atoms with E-state index in [0.717, 1.165) is 5.75 Å². The van der Waals surface area contributed by atoms with Gasteiger partial charge in [-0.15, -0.1) is 11.8 Å². The highest BCUT2D eigenvalue weighted by atomic mass is 32.2. The van der Waals surface area contributed by atoms with Crippen molar-refractivity contribution in [3.05, 3.63) is 30.3 Å². The first-order valence-electron chi connectivity index (χ1n) is 4.49. The number of hydrogen-bond acceptors (Lipinski definition) is 4. The number of rotatable bonds is 3. The smallest absolute Gasteiger partial charge is 0.282 e. The molecule has 1 unspecified atom stereocenters. The monoisotopic (exact) mass is 208 g/mol. The molecule has 0 spiro atoms. The first kappa shape index (κ1) is 9.40. The summed E-state index contributed by atoms with van der Waals surface area (Å²) in [4.78, 5) is 5.24. The van der Waals surface area contributed by atoms with Crippen LogP contribution in [0.2, 0.25) is 0 Å². The average molecular weight is 208 g/mol. The van der Waals surface area contributed by atoms with E-state index in [1.807, 2.05) is 18.2 Å². The third-order valence-corrected chi connectivity index (χ3v) is 3.06. The van der Waals surface area contributed by atoms with E-state index in [-0.39, 0.29) is 6.10 Å². The van der Waals surface area contributed by atoms with Crippen molar-refractivity contribution in [3.8, 4) is 0 Å². The Balaban J connectivity index is 1.79. The Morgan fingerprint density at radius 2 is 2.21 bits per heavy atom. The zero-order valence-corrected chi connectivity index (χ0v) is 8.54. The van der Waals surface area contributed by atoms with Gasteiger partial charge in [-0.3, -0.25) is 0 Å². The summed E-state index contributed by atoms with van der Waals surface area (Å²) >= 11 is 1.77. The van der Waals surface area contributed by atoms with Crippen LogP contribution in [0.3, 0.4) is 0 Å². The molecule has 0 aliphatic carbocycles. The van der Waals surface area contributed by atoms with Gasteiger partial charge in [0, 0.05) is 10.6 Å². The highest BCUT2D eigenvalue weighted by Gasteiger charge is 2.17. The standard InChI is InChI=1S/C10H12N2OS/c11-10-12-6-8(13-10)7-14-9-4-2-1-3-5-9/h1-5,8H,6-7H2,(H2,11,12). The summed E-state index contributed by atoms with van der Waals surface area (Å²) in [5.74, 6) is 0.897. The molecule has 74 valence electrons. The fraction of sp³-hybridized carbons (Fsp3) is 0.300. The lowest BCUT2D eigenvalue weighted by Gasteiger charge is -2.08. The molecule has 1 atom stereocenters. The van der Waals surface area contributed by atoms with Crippen molar-refractivity contribution in [1.82, 2.24) is 0 Å². The molecule has 0 fully saturated rings. The summed E-state index contributed by atoms with van der Waals surface area (Å²) in [5, 5.41) is 0. The number of thioether (sulfide) groups is 1. The Kier molecular flexibility index (Phi) is 2.93. The van der Waals surface area contributed by atoms with Gasteiger partial charge in [0.05, 0.1) is 6.54 Å². The molecule has 1 aliphatic rings. The molecule has 0 radical (unpaired) electrons. The number of ether oxygens (including phenoxy) is 1. The number of nitrogens with two attached hydrogens (primary N) is 1. The Bertz CT molecular complexity index is 326. The van der Waals surface area contributed by atoms with Crippen LogP contribution in [0.25, 0.3) is 0 Å². The van der Waals surface area contributed by atoms with Gasteiger partial charge in [0.15, 0.2) is 0 Å². The van der Waals surface area contributed by atoms with Crippen LogP contribution < -0.4 is 5.73 Å². The van der Waals surface area contributed by atoms with Crippen LogP contribution >= 0.6 is 11.8 Å². The van der Waals surface area contributed by atoms with E-state index in [1.165, 1.54) is 4.90 Å². The normalized spacial score (nSPS) is 20.3. The second-order valence-electron chi connectivity index (χ2n) is 3.04. The van der Waals surface area contributed by atoms with Crippen LogP contribution in [-0.4, -0.2) is 24.4 Å². The summed E-state index contributed by atoms with van der Waals surface area (Å²) in [5.41, 5.74) is 5.41. The quantitative estimate of drug-likeness (QED) is 0.766. The minimum absolute atomic E-state index is 0.139. The van der Waals surface area contributed by atoms with Crippen LogP contribution in [0.5, 0.6) is 0 Å². The van der Waals surface area contributed by atoms with E-state index in [2.05, 4.69) is 17.1 Å². The van der Waals surface area contributed by atoms with Crippen molar-refractivity contribution in [3.63, 3.8) is 0 Å². The van der Waals surface area contributed by atoms with Crippen molar-refractivity contribution in [2.24, 2.45) is 10.7 Å². The van der Waals surface area contributed by atoms with Gasteiger partial charge in [-0.05, 0) is 12.1 Å². The predicted molar refractivity (Wildman–Crippen MR) is 58.5 cm³/mol. The van der Waals surface area contributed by atoms with E-state index in [0.29, 0.717) is 12.6 Å². The number of benzene rings is 1. The van der Waals surface area contributed by atoms with Gasteiger partial charge in [0.1, 0.15) is 6.10 Å². The zero-order valence-electron chi connectivity index (χ0n) is 7.72. The van der Waals surface area contributed by atoms with E-state index >= 15 is 0 Å². The Morgan fingerprint density at radius 1 is 1.43 bits per heavy atom. The molecule has 0 amide bonds. The van der Waals surface area contributed by atoms with Crippen molar-refractivity contribution < 1.29 is 4.74 Å². The average Bonchev–Trinajstić information content (AvgIpc) is 2.63. The maximum atomic E-state index is 5.41. The highest BCUT2D eigenvalue weighted by Crippen LogP contribution is 2.20. The number of hydrogen-bond donors (Lipinski definition) is 1. The van der Waals surface area contributed by atoms with Gasteiger partial charge in [0.2, 0.25) is 0 Å². The van der Waals surface area contributed by atoms with Crippen LogP contribution in [-0.2, 0) is 4.74 Å². The van der Waals surface area contributed by atoms with Gasteiger partial charge in [-0.1, -0.05) is 18.2 Å². The SMILES string of the molecule is NC1=NCC(CSc2ccccc2)O1. The fourth-order valence-corrected chi connectivity index (χ4v) is 2.13. The van der Waals surface area contributed by atoms with Crippen molar-refractivity contribution in [2.45, 2.75) is 11.0 Å². The molecule has 1 aliphatic heterocycles. The van der Waals surface area contributed by atoms with Gasteiger partial charge >= 0.3 is 0 Å². The third-order valence-electron chi connectivity index (χ3n) is 1.92. The van der Waals surface area contributed by atoms with Crippen molar-refractivity contribution in [2.75, 3.05) is 12.3 Å². The molecule has 1 aromatic rings. The molecule has 0 saturated heterocycles. The molecule has 0 saturated carbocycles. The molecule has 2 N–H and O–H groups in total. The summed E-state index contributed by atoms with van der Waals surface area (Å²) in [7, 11) is 0. The molecule has 14 heavy (non-hydrogen) atoms. The molecule has 0 bridgehead atoms. The summed E-state index contributed by atoms with van der Waals surface area (Å²) < 4.78 is 5.29. The Hall–Kier alpha value is -1.16. The van der Waals surface area contributed by atoms with Crippen LogP contribution in [0, 0.1) is 0 Å². The highest BCUT2D eigenvalue weighted by molar-refractivity contribution is 7.99. The van der Waals surface area contributed by atoms with Crippen molar-refractivity contribution >= 4 is 17.8 Å². The minimum Gasteiger partial charge on any atom is -0.459 e. The van der Waals surface area contributed by atoms with Gasteiger partial charge < -0.3 is 10.5 Å². The molecule has 2 rings (SSSR count). The first-order chi connectivity index (χ1) is 6.84. The predicted octanol–water partition coefficient (Wildman–Crippen LogP) is 1.49. The Labute approximate surface area is 87.4 Å². The van der Waals surface area contributed by atoms with E-state index < -0.39 is 0 Å². The topological polar surface area (TPSA) is 47.6 Å². The fourth-order valence-electron chi connectivity index (χ4n) is 1.23. The second kappa shape index (κ2) is 4.37. The number of amidine groups is 1. The van der Waals surface area contributed by atoms with Crippen LogP contribution in [0.15, 0.2) is 40.2 Å². The molecule has 1 heterocycles. The maximum absolute atomic E-state index is 5.41. The largest absolute Gasteiger partial charge is 0.459 e. The van der Waals surface area contributed by atoms with Crippen LogP contribution in [0.4, 0.5) is 0 Å². The number of nitrogens with zero attached hydrogens (tertiary/aromatic N) is 1. The molecule has 4 heteroatoms. The first-order valence-corrected chi connectivity index (χ1v) is 5.47. The third kappa shape index (κ3) is 2.42. The number of aliphatic imine (C=N–C) groups is 1. The lowest BCUT2D eigenvalue weighted by Crippen LogP contribution is -2.19. The second-order valence-corrected chi connectivity index (χ2v) is 4.14. The van der Waals surface area contributed by atoms with Gasteiger partial charge in [-0.2, -0.15) is 0 Å². The van der Waals surface area contributed by atoms with E-state index in [9.17, 15) is 0 Å². The Morgan fingerprint density at radius 3 is 2.86 bits per heavy atom. The molecule has 3 nitrogen and oxygen atoms in total. The van der Waals surface area contributed by atoms with Crippen LogP contribution in [0.1, 0.15) is 0 Å². The maximum Gasteiger partial charge on any atom is 0.282 e. The van der Waals surface area contributed by atoms with E-state index in [1.54, 1.807) is 11.8 Å². The molecular formula is C10H12N2OS. The summed E-state index contributed by atoms with van der Waals surface area (Å²) in [6.45, 7) is 0.686. The minimum atomic E-state index is 0.139. The molecule has 0 aromatic heterocycles. The lowest BCUT2D eigenvalue weighted by molar-refractivity contribution is 0.247. The molecular weight excluding hydrogens is 196 g/mol. The summed E-state index contributed by atoms with van der Waals surface area (Å²) in [6, 6.07) is 10.6. The van der Waals surface area contributed by atoms with Gasteiger partial charge in [0.25, 0.3) is 6.02 Å². The molecule has 1 aromatic carbocycles.